The number of nitrogens with zero attached hydrogens (tertiary/aromatic N) is 2. The van der Waals surface area contributed by atoms with Gasteiger partial charge in [0, 0.05) is 29.4 Å². The molecule has 0 spiro atoms. The van der Waals surface area contributed by atoms with Crippen molar-refractivity contribution in [3.63, 3.8) is 0 Å². The van der Waals surface area contributed by atoms with E-state index in [4.69, 9.17) is 4.74 Å². The lowest BCUT2D eigenvalue weighted by atomic mass is 9.97. The maximum absolute atomic E-state index is 12.8. The summed E-state index contributed by atoms with van der Waals surface area (Å²) >= 11 is 0. The highest BCUT2D eigenvalue weighted by molar-refractivity contribution is 5.96. The van der Waals surface area contributed by atoms with Gasteiger partial charge in [-0.3, -0.25) is 15.1 Å². The number of carbonyl (C=O) groups is 2. The molecule has 0 saturated heterocycles. The monoisotopic (exact) mass is 469 g/mol. The van der Waals surface area contributed by atoms with Crippen LogP contribution in [0.1, 0.15) is 40.4 Å². The molecule has 0 bridgehead atoms. The minimum Gasteiger partial charge on any atom is -0.477 e. The molecule has 2 N–H and O–H groups in total. The molecule has 2 heterocycles. The number of benzene rings is 2. The second-order valence-electron chi connectivity index (χ2n) is 8.60. The van der Waals surface area contributed by atoms with Crippen molar-refractivity contribution in [2.75, 3.05) is 5.32 Å². The Kier molecular flexibility index (Phi) is 5.78. The molecule has 0 atom stereocenters. The van der Waals surface area contributed by atoms with Crippen LogP contribution in [0.3, 0.4) is 0 Å². The summed E-state index contributed by atoms with van der Waals surface area (Å²) in [4.78, 5) is 41.0. The number of amides is 1. The Hall–Kier alpha value is -4.46. The maximum Gasteiger partial charge on any atom is 0.412 e. The number of nitrogens with one attached hydrogen (secondary N) is 1. The number of anilines is 1. The minimum atomic E-state index is -1.23. The lowest BCUT2D eigenvalue weighted by molar-refractivity contribution is 0.0694. The van der Waals surface area contributed by atoms with Crippen molar-refractivity contribution >= 4 is 28.7 Å². The summed E-state index contributed by atoms with van der Waals surface area (Å²) in [6, 6.07) is 14.8. The number of ether oxygens (including phenoxy) is 1. The van der Waals surface area contributed by atoms with Gasteiger partial charge in [-0.15, -0.1) is 0 Å². The lowest BCUT2D eigenvalue weighted by Crippen LogP contribution is -2.19. The SMILES string of the molecule is Cc1c(-c2cncc(NC(=O)OCc3ccccc3)c2)ccc2c(=O)c(C(=O)O)cn(C3CC3)c12. The Morgan fingerprint density at radius 1 is 1.14 bits per heavy atom. The Morgan fingerprint density at radius 3 is 2.63 bits per heavy atom. The van der Waals surface area contributed by atoms with Crippen molar-refractivity contribution in [2.24, 2.45) is 0 Å². The molecule has 1 aliphatic carbocycles. The van der Waals surface area contributed by atoms with E-state index in [1.54, 1.807) is 24.4 Å². The van der Waals surface area contributed by atoms with Crippen LogP contribution in [0.2, 0.25) is 0 Å². The second kappa shape index (κ2) is 9.06. The number of aromatic nitrogens is 2. The van der Waals surface area contributed by atoms with Gasteiger partial charge in [-0.05, 0) is 48.6 Å². The summed E-state index contributed by atoms with van der Waals surface area (Å²) in [6.07, 6.45) is 5.95. The molecule has 1 fully saturated rings. The van der Waals surface area contributed by atoms with E-state index in [1.165, 1.54) is 12.4 Å². The number of carboxylic acids is 1. The van der Waals surface area contributed by atoms with Gasteiger partial charge in [0.2, 0.25) is 5.43 Å². The van der Waals surface area contributed by atoms with E-state index >= 15 is 0 Å². The van der Waals surface area contributed by atoms with Gasteiger partial charge in [0.25, 0.3) is 0 Å². The van der Waals surface area contributed by atoms with Crippen molar-refractivity contribution in [2.45, 2.75) is 32.4 Å². The summed E-state index contributed by atoms with van der Waals surface area (Å²) in [5.41, 5.74) is 3.79. The van der Waals surface area contributed by atoms with Gasteiger partial charge in [0.15, 0.2) is 0 Å². The summed E-state index contributed by atoms with van der Waals surface area (Å²) in [7, 11) is 0. The molecule has 5 rings (SSSR count). The van der Waals surface area contributed by atoms with Crippen molar-refractivity contribution in [1.82, 2.24) is 9.55 Å². The first kappa shape index (κ1) is 22.3. The third-order valence-corrected chi connectivity index (χ3v) is 6.13. The van der Waals surface area contributed by atoms with Crippen LogP contribution in [0.25, 0.3) is 22.0 Å². The molecule has 8 nitrogen and oxygen atoms in total. The quantitative estimate of drug-likeness (QED) is 0.404. The number of hydrogen-bond donors (Lipinski definition) is 2. The number of fused-ring (bicyclic) bond motifs is 1. The van der Waals surface area contributed by atoms with Crippen LogP contribution in [0.15, 0.2) is 71.9 Å². The van der Waals surface area contributed by atoms with Gasteiger partial charge < -0.3 is 14.4 Å². The molecule has 1 amide bonds. The van der Waals surface area contributed by atoms with E-state index in [0.29, 0.717) is 11.1 Å². The molecule has 0 radical (unpaired) electrons. The van der Waals surface area contributed by atoms with Crippen molar-refractivity contribution < 1.29 is 19.4 Å². The predicted molar refractivity (Wildman–Crippen MR) is 132 cm³/mol. The fraction of sp³-hybridized carbons (Fsp3) is 0.185. The first-order valence-corrected chi connectivity index (χ1v) is 11.3. The van der Waals surface area contributed by atoms with E-state index in [-0.39, 0.29) is 18.2 Å². The summed E-state index contributed by atoms with van der Waals surface area (Å²) in [6.45, 7) is 2.06. The Labute approximate surface area is 200 Å². The molecule has 8 heteroatoms. The maximum atomic E-state index is 12.8. The fourth-order valence-corrected chi connectivity index (χ4v) is 4.26. The number of aromatic carboxylic acids is 1. The van der Waals surface area contributed by atoms with Crippen LogP contribution in [0.5, 0.6) is 0 Å². The van der Waals surface area contributed by atoms with Crippen LogP contribution in [0, 0.1) is 6.92 Å². The van der Waals surface area contributed by atoms with E-state index in [1.807, 2.05) is 41.8 Å². The van der Waals surface area contributed by atoms with Crippen LogP contribution in [-0.2, 0) is 11.3 Å². The number of pyridine rings is 2. The zero-order valence-corrected chi connectivity index (χ0v) is 19.0. The van der Waals surface area contributed by atoms with Gasteiger partial charge in [0.1, 0.15) is 12.2 Å². The highest BCUT2D eigenvalue weighted by Crippen LogP contribution is 2.39. The second-order valence-corrected chi connectivity index (χ2v) is 8.60. The average Bonchev–Trinajstić information content (AvgIpc) is 3.69. The highest BCUT2D eigenvalue weighted by atomic mass is 16.5. The molecular formula is C27H23N3O5. The number of rotatable bonds is 6. The average molecular weight is 469 g/mol. The largest absolute Gasteiger partial charge is 0.477 e. The molecule has 0 aliphatic heterocycles. The number of hydrogen-bond acceptors (Lipinski definition) is 5. The lowest BCUT2D eigenvalue weighted by Gasteiger charge is -2.17. The molecule has 2 aromatic heterocycles. The number of carbonyl (C=O) groups excluding carboxylic acids is 1. The Balaban J connectivity index is 1.46. The summed E-state index contributed by atoms with van der Waals surface area (Å²) < 4.78 is 7.20. The van der Waals surface area contributed by atoms with Crippen molar-refractivity contribution in [1.29, 1.82) is 0 Å². The fourth-order valence-electron chi connectivity index (χ4n) is 4.26. The van der Waals surface area contributed by atoms with Gasteiger partial charge in [-0.2, -0.15) is 0 Å². The topological polar surface area (TPSA) is 111 Å². The number of carboxylic acid groups (broad SMARTS) is 1. The standard InChI is InChI=1S/C27H23N3O5/c1-16-21(9-10-22-24(16)30(20-7-8-20)14-23(25(22)31)26(32)33)18-11-19(13-28-12-18)29-27(34)35-15-17-5-3-2-4-6-17/h2-6,9-14,20H,7-8,15H2,1H3,(H,29,34)(H,32,33). The minimum absolute atomic E-state index is 0.153. The zero-order valence-electron chi connectivity index (χ0n) is 19.0. The molecule has 176 valence electrons. The van der Waals surface area contributed by atoms with E-state index in [9.17, 15) is 19.5 Å². The van der Waals surface area contributed by atoms with Crippen LogP contribution < -0.4 is 10.7 Å². The first-order valence-electron chi connectivity index (χ1n) is 11.3. The third kappa shape index (κ3) is 4.50. The predicted octanol–water partition coefficient (Wildman–Crippen LogP) is 5.15. The smallest absolute Gasteiger partial charge is 0.412 e. The zero-order chi connectivity index (χ0) is 24.5. The molecule has 1 saturated carbocycles. The van der Waals surface area contributed by atoms with E-state index < -0.39 is 17.5 Å². The van der Waals surface area contributed by atoms with Crippen LogP contribution in [-0.4, -0.2) is 26.7 Å². The van der Waals surface area contributed by atoms with Gasteiger partial charge in [-0.1, -0.05) is 36.4 Å². The molecule has 2 aromatic carbocycles. The normalized spacial score (nSPS) is 12.9. The van der Waals surface area contributed by atoms with E-state index in [2.05, 4.69) is 10.3 Å². The van der Waals surface area contributed by atoms with Gasteiger partial charge >= 0.3 is 12.1 Å². The summed E-state index contributed by atoms with van der Waals surface area (Å²) in [5.74, 6) is -1.23. The Bertz CT molecular complexity index is 1510. The Morgan fingerprint density at radius 2 is 1.91 bits per heavy atom. The summed E-state index contributed by atoms with van der Waals surface area (Å²) in [5, 5.41) is 12.6. The molecule has 4 aromatic rings. The van der Waals surface area contributed by atoms with Crippen LogP contribution in [0.4, 0.5) is 10.5 Å². The van der Waals surface area contributed by atoms with E-state index in [0.717, 1.165) is 40.6 Å². The van der Waals surface area contributed by atoms with Crippen molar-refractivity contribution in [3.05, 3.63) is 94.0 Å². The highest BCUT2D eigenvalue weighted by Gasteiger charge is 2.28. The first-order chi connectivity index (χ1) is 16.9. The number of aryl methyl sites for hydroxylation is 1. The molecule has 1 aliphatic rings. The van der Waals surface area contributed by atoms with Gasteiger partial charge in [0.05, 0.1) is 17.4 Å². The van der Waals surface area contributed by atoms with Gasteiger partial charge in [-0.25, -0.2) is 9.59 Å². The van der Waals surface area contributed by atoms with Crippen molar-refractivity contribution in [3.8, 4) is 11.1 Å². The third-order valence-electron chi connectivity index (χ3n) is 6.13. The molecular weight excluding hydrogens is 446 g/mol. The molecule has 0 unspecified atom stereocenters. The molecule has 35 heavy (non-hydrogen) atoms. The van der Waals surface area contributed by atoms with Crippen LogP contribution >= 0.6 is 0 Å².